The minimum Gasteiger partial charge on any atom is -0.504 e. The van der Waals surface area contributed by atoms with Crippen molar-refractivity contribution in [3.05, 3.63) is 23.0 Å². The first-order chi connectivity index (χ1) is 6.63. The first-order valence-corrected chi connectivity index (χ1v) is 4.88. The normalized spacial score (nSPS) is 25.2. The van der Waals surface area contributed by atoms with Crippen molar-refractivity contribution in [2.75, 3.05) is 6.61 Å². The van der Waals surface area contributed by atoms with Crippen molar-refractivity contribution >= 4 is 5.78 Å². The lowest BCUT2D eigenvalue weighted by Crippen LogP contribution is -2.05. The molecule has 1 aliphatic carbocycles. The van der Waals surface area contributed by atoms with Gasteiger partial charge >= 0.3 is 0 Å². The average Bonchev–Trinajstić information content (AvgIpc) is 2.39. The smallest absolute Gasteiger partial charge is 0.223 e. The van der Waals surface area contributed by atoms with Crippen molar-refractivity contribution < 1.29 is 15.0 Å². The molecule has 0 spiro atoms. The molecule has 0 saturated heterocycles. The molecule has 0 aliphatic heterocycles. The summed E-state index contributed by atoms with van der Waals surface area (Å²) in [5, 5.41) is 18.1. The molecule has 2 N–H and O–H groups in total. The van der Waals surface area contributed by atoms with Gasteiger partial charge in [-0.1, -0.05) is 13.0 Å². The molecular weight excluding hydrogens is 180 g/mol. The van der Waals surface area contributed by atoms with E-state index < -0.39 is 0 Å². The molecule has 3 nitrogen and oxygen atoms in total. The van der Waals surface area contributed by atoms with E-state index in [4.69, 9.17) is 5.11 Å². The van der Waals surface area contributed by atoms with E-state index in [0.717, 1.165) is 12.0 Å². The molecule has 0 aromatic carbocycles. The third-order valence-electron chi connectivity index (χ3n) is 2.65. The van der Waals surface area contributed by atoms with Gasteiger partial charge in [0.15, 0.2) is 5.76 Å². The molecule has 0 amide bonds. The van der Waals surface area contributed by atoms with Gasteiger partial charge in [0.2, 0.25) is 5.78 Å². The Morgan fingerprint density at radius 1 is 1.50 bits per heavy atom. The molecule has 0 aromatic heterocycles. The van der Waals surface area contributed by atoms with E-state index in [1.165, 1.54) is 0 Å². The highest BCUT2D eigenvalue weighted by Gasteiger charge is 2.33. The van der Waals surface area contributed by atoms with Crippen LogP contribution < -0.4 is 0 Å². The molecule has 0 radical (unpaired) electrons. The minimum atomic E-state index is -0.275. The standard InChI is InChI=1S/C11H16O3/c1-3-8-7(2)10(13)11(14)9(8)5-4-6-12/h5,8,12-13H,3-4,6H2,1-2H3/b9-5+. The zero-order valence-electron chi connectivity index (χ0n) is 8.58. The van der Waals surface area contributed by atoms with Crippen LogP contribution in [0.5, 0.6) is 0 Å². The maximum absolute atomic E-state index is 11.5. The summed E-state index contributed by atoms with van der Waals surface area (Å²) in [7, 11) is 0. The Morgan fingerprint density at radius 2 is 2.14 bits per heavy atom. The van der Waals surface area contributed by atoms with Gasteiger partial charge in [-0.2, -0.15) is 0 Å². The summed E-state index contributed by atoms with van der Waals surface area (Å²) >= 11 is 0. The third-order valence-corrected chi connectivity index (χ3v) is 2.65. The van der Waals surface area contributed by atoms with Crippen LogP contribution in [0.15, 0.2) is 23.0 Å². The fourth-order valence-electron chi connectivity index (χ4n) is 1.85. The largest absolute Gasteiger partial charge is 0.504 e. The van der Waals surface area contributed by atoms with E-state index >= 15 is 0 Å². The fourth-order valence-corrected chi connectivity index (χ4v) is 1.85. The van der Waals surface area contributed by atoms with Gasteiger partial charge in [0.25, 0.3) is 0 Å². The van der Waals surface area contributed by atoms with Gasteiger partial charge in [0.1, 0.15) is 0 Å². The Bertz CT molecular complexity index is 300. The van der Waals surface area contributed by atoms with Gasteiger partial charge in [-0.25, -0.2) is 0 Å². The molecular formula is C11H16O3. The lowest BCUT2D eigenvalue weighted by molar-refractivity contribution is -0.114. The molecule has 3 heteroatoms. The molecule has 1 unspecified atom stereocenters. The highest BCUT2D eigenvalue weighted by Crippen LogP contribution is 2.34. The molecule has 78 valence electrons. The minimum absolute atomic E-state index is 0.0347. The quantitative estimate of drug-likeness (QED) is 0.676. The molecule has 1 atom stereocenters. The Kier molecular flexibility index (Phi) is 3.47. The van der Waals surface area contributed by atoms with E-state index in [1.807, 2.05) is 6.92 Å². The molecule has 0 saturated carbocycles. The van der Waals surface area contributed by atoms with E-state index in [9.17, 15) is 9.90 Å². The molecule has 1 rings (SSSR count). The molecule has 0 aromatic rings. The second-order valence-electron chi connectivity index (χ2n) is 3.49. The Labute approximate surface area is 83.8 Å². The van der Waals surface area contributed by atoms with E-state index in [-0.39, 0.29) is 24.1 Å². The van der Waals surface area contributed by atoms with Crippen LogP contribution in [-0.2, 0) is 4.79 Å². The van der Waals surface area contributed by atoms with Crippen molar-refractivity contribution in [1.82, 2.24) is 0 Å². The Balaban J connectivity index is 2.95. The summed E-state index contributed by atoms with van der Waals surface area (Å²) in [6.45, 7) is 3.79. The third kappa shape index (κ3) is 1.73. The molecule has 0 fully saturated rings. The highest BCUT2D eigenvalue weighted by molar-refractivity contribution is 6.10. The number of rotatable bonds is 3. The molecule has 0 heterocycles. The van der Waals surface area contributed by atoms with Gasteiger partial charge < -0.3 is 10.2 Å². The number of allylic oxidation sites excluding steroid dienone is 2. The zero-order chi connectivity index (χ0) is 10.7. The number of hydrogen-bond acceptors (Lipinski definition) is 3. The summed E-state index contributed by atoms with van der Waals surface area (Å²) in [6, 6.07) is 0. The van der Waals surface area contributed by atoms with Crippen LogP contribution in [0.3, 0.4) is 0 Å². The number of carbonyl (C=O) groups is 1. The zero-order valence-corrected chi connectivity index (χ0v) is 8.58. The maximum atomic E-state index is 11.5. The summed E-state index contributed by atoms with van der Waals surface area (Å²) in [5.74, 6) is -0.349. The van der Waals surface area contributed by atoms with Crippen LogP contribution in [0.1, 0.15) is 26.7 Å². The van der Waals surface area contributed by atoms with E-state index in [2.05, 4.69) is 0 Å². The number of aliphatic hydroxyl groups excluding tert-OH is 2. The van der Waals surface area contributed by atoms with Crippen LogP contribution in [-0.4, -0.2) is 22.6 Å². The molecule has 1 aliphatic rings. The number of aliphatic hydroxyl groups is 2. The van der Waals surface area contributed by atoms with Crippen molar-refractivity contribution in [1.29, 1.82) is 0 Å². The summed E-state index contributed by atoms with van der Waals surface area (Å²) in [6.07, 6.45) is 3.00. The number of ketones is 1. The van der Waals surface area contributed by atoms with Crippen LogP contribution >= 0.6 is 0 Å². The molecule has 14 heavy (non-hydrogen) atoms. The average molecular weight is 196 g/mol. The van der Waals surface area contributed by atoms with Crippen LogP contribution in [0, 0.1) is 5.92 Å². The predicted octanol–water partition coefficient (Wildman–Crippen LogP) is 1.74. The Morgan fingerprint density at radius 3 is 2.64 bits per heavy atom. The van der Waals surface area contributed by atoms with Gasteiger partial charge in [0, 0.05) is 18.1 Å². The van der Waals surface area contributed by atoms with Crippen LogP contribution in [0.25, 0.3) is 0 Å². The fraction of sp³-hybridized carbons (Fsp3) is 0.545. The summed E-state index contributed by atoms with van der Waals surface area (Å²) in [5.41, 5.74) is 1.39. The van der Waals surface area contributed by atoms with Gasteiger partial charge in [-0.05, 0) is 25.3 Å². The van der Waals surface area contributed by atoms with E-state index in [1.54, 1.807) is 13.0 Å². The van der Waals surface area contributed by atoms with Crippen LogP contribution in [0.4, 0.5) is 0 Å². The maximum Gasteiger partial charge on any atom is 0.223 e. The highest BCUT2D eigenvalue weighted by atomic mass is 16.3. The number of hydrogen-bond donors (Lipinski definition) is 2. The van der Waals surface area contributed by atoms with Gasteiger partial charge in [-0.3, -0.25) is 4.79 Å². The monoisotopic (exact) mass is 196 g/mol. The van der Waals surface area contributed by atoms with E-state index in [0.29, 0.717) is 12.0 Å². The first kappa shape index (κ1) is 11.0. The number of carbonyl (C=O) groups excluding carboxylic acids is 1. The second kappa shape index (κ2) is 4.42. The van der Waals surface area contributed by atoms with Gasteiger partial charge in [-0.15, -0.1) is 0 Å². The summed E-state index contributed by atoms with van der Waals surface area (Å²) < 4.78 is 0. The van der Waals surface area contributed by atoms with Crippen molar-refractivity contribution in [2.45, 2.75) is 26.7 Å². The molecule has 0 bridgehead atoms. The van der Waals surface area contributed by atoms with Gasteiger partial charge in [0.05, 0.1) is 0 Å². The number of Topliss-reactive ketones (excluding diaryl/α,β-unsaturated/α-hetero) is 1. The second-order valence-corrected chi connectivity index (χ2v) is 3.49. The summed E-state index contributed by atoms with van der Waals surface area (Å²) in [4.78, 5) is 11.5. The van der Waals surface area contributed by atoms with Crippen molar-refractivity contribution in [3.63, 3.8) is 0 Å². The lowest BCUT2D eigenvalue weighted by Gasteiger charge is -2.09. The van der Waals surface area contributed by atoms with Crippen molar-refractivity contribution in [3.8, 4) is 0 Å². The first-order valence-electron chi connectivity index (χ1n) is 4.88. The SMILES string of the molecule is CCC1C(C)=C(O)C(=O)/C1=C/CCO. The lowest BCUT2D eigenvalue weighted by atomic mass is 9.94. The van der Waals surface area contributed by atoms with Crippen LogP contribution in [0.2, 0.25) is 0 Å². The Hall–Kier alpha value is -1.09. The van der Waals surface area contributed by atoms with Crippen molar-refractivity contribution in [2.24, 2.45) is 5.92 Å². The topological polar surface area (TPSA) is 57.5 Å². The predicted molar refractivity (Wildman–Crippen MR) is 53.9 cm³/mol.